The number of hydrogen-bond acceptors (Lipinski definition) is 7. The molecule has 0 atom stereocenters. The number of thiazole rings is 1. The van der Waals surface area contributed by atoms with Crippen LogP contribution >= 0.6 is 23.1 Å². The van der Waals surface area contributed by atoms with Gasteiger partial charge in [0.2, 0.25) is 5.12 Å². The van der Waals surface area contributed by atoms with Crippen LogP contribution in [0.15, 0.2) is 5.38 Å². The number of hydrogen-bond donors (Lipinski definition) is 3. The van der Waals surface area contributed by atoms with Crippen molar-refractivity contribution in [2.45, 2.75) is 11.7 Å². The third-order valence-corrected chi connectivity index (χ3v) is 4.15. The highest BCUT2D eigenvalue weighted by Crippen LogP contribution is 2.26. The summed E-state index contributed by atoms with van der Waals surface area (Å²) in [6.45, 7) is 1.43. The summed E-state index contributed by atoms with van der Waals surface area (Å²) in [6.07, 6.45) is 0. The Kier molecular flexibility index (Phi) is 3.69. The minimum atomic E-state index is -1.69. The van der Waals surface area contributed by atoms with Gasteiger partial charge in [0.1, 0.15) is 10.7 Å². The summed E-state index contributed by atoms with van der Waals surface area (Å²) in [5.74, 6) is 0.112. The highest BCUT2D eigenvalue weighted by molar-refractivity contribution is 8.00. The highest BCUT2D eigenvalue weighted by atomic mass is 32.2. The van der Waals surface area contributed by atoms with Gasteiger partial charge in [-0.2, -0.15) is 0 Å². The van der Waals surface area contributed by atoms with Gasteiger partial charge in [0.15, 0.2) is 0 Å². The second kappa shape index (κ2) is 4.91. The number of carbonyl (C=O) groups excluding carboxylic acids is 1. The average Bonchev–Trinajstić information content (AvgIpc) is 2.64. The monoisotopic (exact) mass is 275 g/mol. The summed E-state index contributed by atoms with van der Waals surface area (Å²) in [5.41, 5.74) is 5.37. The van der Waals surface area contributed by atoms with E-state index in [0.29, 0.717) is 12.3 Å². The lowest BCUT2D eigenvalue weighted by atomic mass is 10.4. The fourth-order valence-electron chi connectivity index (χ4n) is 1.58. The Morgan fingerprint density at radius 2 is 2.41 bits per heavy atom. The number of rotatable bonds is 3. The number of aromatic nitrogens is 1. The molecular formula is C9H13N3O3S2. The second-order valence-electron chi connectivity index (χ2n) is 3.79. The number of carbonyl (C=O) groups is 1. The molecule has 8 heteroatoms. The standard InChI is InChI=1S/C9H13N3O3S2/c10-8(13)6-4-16-7(11-6)3-12-1-2-17-9(14,15)5-12/h4,14-15H,1-3,5H2,(H2,10,13). The maximum atomic E-state index is 10.9. The van der Waals surface area contributed by atoms with Crippen molar-refractivity contribution in [3.63, 3.8) is 0 Å². The quantitative estimate of drug-likeness (QED) is 0.639. The summed E-state index contributed by atoms with van der Waals surface area (Å²) in [5, 5.41) is 19.7. The topological polar surface area (TPSA) is 99.7 Å². The normalized spacial score (nSPS) is 20.4. The molecule has 0 unspecified atom stereocenters. The fraction of sp³-hybridized carbons (Fsp3) is 0.556. The zero-order valence-electron chi connectivity index (χ0n) is 9.00. The first-order valence-corrected chi connectivity index (χ1v) is 6.88. The molecule has 1 aliphatic rings. The van der Waals surface area contributed by atoms with Gasteiger partial charge in [-0.25, -0.2) is 4.98 Å². The Balaban J connectivity index is 1.98. The second-order valence-corrected chi connectivity index (χ2v) is 6.09. The van der Waals surface area contributed by atoms with Crippen molar-refractivity contribution >= 4 is 29.0 Å². The number of primary amides is 1. The van der Waals surface area contributed by atoms with Crippen LogP contribution in [-0.2, 0) is 6.54 Å². The van der Waals surface area contributed by atoms with Gasteiger partial charge in [-0.05, 0) is 0 Å². The molecule has 1 saturated heterocycles. The largest absolute Gasteiger partial charge is 0.364 e. The van der Waals surface area contributed by atoms with E-state index in [1.807, 2.05) is 4.90 Å². The van der Waals surface area contributed by atoms with Crippen LogP contribution < -0.4 is 5.73 Å². The molecule has 0 aliphatic carbocycles. The first-order valence-electron chi connectivity index (χ1n) is 5.01. The minimum absolute atomic E-state index is 0.170. The van der Waals surface area contributed by atoms with E-state index >= 15 is 0 Å². The van der Waals surface area contributed by atoms with Gasteiger partial charge in [0, 0.05) is 17.7 Å². The molecule has 4 N–H and O–H groups in total. The van der Waals surface area contributed by atoms with E-state index < -0.39 is 11.0 Å². The molecule has 1 aliphatic heterocycles. The van der Waals surface area contributed by atoms with Gasteiger partial charge in [0.05, 0.1) is 13.1 Å². The summed E-state index contributed by atoms with van der Waals surface area (Å²) >= 11 is 2.47. The summed E-state index contributed by atoms with van der Waals surface area (Å²) in [4.78, 5) is 16.9. The Hall–Kier alpha value is -0.670. The lowest BCUT2D eigenvalue weighted by Crippen LogP contribution is -2.45. The van der Waals surface area contributed by atoms with E-state index in [2.05, 4.69) is 4.98 Å². The van der Waals surface area contributed by atoms with Crippen molar-refractivity contribution in [1.29, 1.82) is 0 Å². The molecule has 0 spiro atoms. The summed E-state index contributed by atoms with van der Waals surface area (Å²) in [7, 11) is 0. The van der Waals surface area contributed by atoms with E-state index in [1.54, 1.807) is 5.38 Å². The van der Waals surface area contributed by atoms with Gasteiger partial charge in [-0.3, -0.25) is 9.69 Å². The predicted molar refractivity (Wildman–Crippen MR) is 65.5 cm³/mol. The molecule has 94 valence electrons. The molecule has 1 amide bonds. The summed E-state index contributed by atoms with van der Waals surface area (Å²) < 4.78 is 0. The van der Waals surface area contributed by atoms with Crippen LogP contribution in [0.4, 0.5) is 0 Å². The van der Waals surface area contributed by atoms with E-state index in [-0.39, 0.29) is 12.2 Å². The van der Waals surface area contributed by atoms with Gasteiger partial charge in [0.25, 0.3) is 5.91 Å². The fourth-order valence-corrected chi connectivity index (χ4v) is 3.35. The van der Waals surface area contributed by atoms with E-state index in [9.17, 15) is 15.0 Å². The lowest BCUT2D eigenvalue weighted by Gasteiger charge is -2.34. The molecule has 2 rings (SSSR count). The third-order valence-electron chi connectivity index (χ3n) is 2.33. The molecule has 6 nitrogen and oxygen atoms in total. The van der Waals surface area contributed by atoms with Gasteiger partial charge in [-0.1, -0.05) is 11.8 Å². The van der Waals surface area contributed by atoms with Gasteiger partial charge in [-0.15, -0.1) is 11.3 Å². The van der Waals surface area contributed by atoms with Crippen LogP contribution in [0.2, 0.25) is 0 Å². The lowest BCUT2D eigenvalue weighted by molar-refractivity contribution is -0.0999. The third kappa shape index (κ3) is 3.39. The molecule has 0 saturated carbocycles. The predicted octanol–water partition coefficient (Wildman–Crippen LogP) is -0.571. The first-order chi connectivity index (χ1) is 7.96. The zero-order valence-corrected chi connectivity index (χ0v) is 10.6. The molecule has 2 heterocycles. The number of nitrogens with zero attached hydrogens (tertiary/aromatic N) is 2. The Morgan fingerprint density at radius 3 is 3.00 bits per heavy atom. The highest BCUT2D eigenvalue weighted by Gasteiger charge is 2.31. The van der Waals surface area contributed by atoms with Crippen LogP contribution in [0.5, 0.6) is 0 Å². The molecule has 1 aromatic heterocycles. The SMILES string of the molecule is NC(=O)c1csc(CN2CCSC(O)(O)C2)n1. The Bertz CT molecular complexity index is 421. The average molecular weight is 275 g/mol. The van der Waals surface area contributed by atoms with Crippen molar-refractivity contribution in [1.82, 2.24) is 9.88 Å². The van der Waals surface area contributed by atoms with Crippen molar-refractivity contribution < 1.29 is 15.0 Å². The van der Waals surface area contributed by atoms with Crippen molar-refractivity contribution in [2.24, 2.45) is 5.73 Å². The minimum Gasteiger partial charge on any atom is -0.364 e. The maximum Gasteiger partial charge on any atom is 0.268 e. The Morgan fingerprint density at radius 1 is 1.65 bits per heavy atom. The zero-order chi connectivity index (χ0) is 12.5. The molecule has 1 aromatic rings. The van der Waals surface area contributed by atoms with Crippen LogP contribution in [0.1, 0.15) is 15.5 Å². The molecule has 0 radical (unpaired) electrons. The Labute approximate surface area is 106 Å². The van der Waals surface area contributed by atoms with E-state index in [0.717, 1.165) is 23.3 Å². The first kappa shape index (κ1) is 12.8. The number of thioether (sulfide) groups is 1. The molecule has 17 heavy (non-hydrogen) atoms. The molecular weight excluding hydrogens is 262 g/mol. The number of amides is 1. The smallest absolute Gasteiger partial charge is 0.268 e. The van der Waals surface area contributed by atoms with Gasteiger partial charge < -0.3 is 15.9 Å². The van der Waals surface area contributed by atoms with Crippen LogP contribution in [0.25, 0.3) is 0 Å². The van der Waals surface area contributed by atoms with Crippen molar-refractivity contribution in [3.8, 4) is 0 Å². The summed E-state index contributed by atoms with van der Waals surface area (Å²) in [6, 6.07) is 0. The van der Waals surface area contributed by atoms with Crippen molar-refractivity contribution in [2.75, 3.05) is 18.8 Å². The van der Waals surface area contributed by atoms with Crippen molar-refractivity contribution in [3.05, 3.63) is 16.1 Å². The number of nitrogens with two attached hydrogens (primary N) is 1. The van der Waals surface area contributed by atoms with E-state index in [4.69, 9.17) is 5.73 Å². The van der Waals surface area contributed by atoms with E-state index in [1.165, 1.54) is 11.3 Å². The van der Waals surface area contributed by atoms with Crippen LogP contribution in [-0.4, -0.2) is 50.0 Å². The molecule has 0 bridgehead atoms. The molecule has 1 fully saturated rings. The maximum absolute atomic E-state index is 10.9. The molecule has 0 aromatic carbocycles. The number of β-amino-alcohol motifs (C(OH)–C–C–N with tert-alkyl or cyclic N) is 2. The van der Waals surface area contributed by atoms with Gasteiger partial charge >= 0.3 is 0 Å². The van der Waals surface area contributed by atoms with Crippen LogP contribution in [0.3, 0.4) is 0 Å². The number of aliphatic hydroxyl groups is 2. The van der Waals surface area contributed by atoms with Crippen LogP contribution in [0, 0.1) is 0 Å².